The van der Waals surface area contributed by atoms with Crippen LogP contribution in [0.25, 0.3) is 0 Å². The van der Waals surface area contributed by atoms with Crippen LogP contribution in [0.2, 0.25) is 0 Å². The number of hydrogen-bond donors (Lipinski definition) is 3. The maximum atomic E-state index is 12.6. The standard InChI is InChI=1S/C24H38N4O3.C19H30N4O/c1-24(2,3)31-23(30)27-13-10-19(11-14-27)22(29)25-16-18-6-8-20(9-7-18)28-15-12-21(17-28)26(4)5;1-22(2)18-9-12-23(14-18)17-5-3-15(4-6-17)13-21-19(24)16-7-10-20-11-8-16/h6-9,19,21H,10-17H2,1-5H3,(H,25,29);3-6,16,18,20H,7-14H2,1-2H3,(H,21,24). The van der Waals surface area contributed by atoms with Gasteiger partial charge in [0.15, 0.2) is 0 Å². The van der Waals surface area contributed by atoms with Crippen molar-refractivity contribution >= 4 is 29.3 Å². The van der Waals surface area contributed by atoms with Gasteiger partial charge in [0.25, 0.3) is 0 Å². The third-order valence-corrected chi connectivity index (χ3v) is 11.6. The topological polar surface area (TPSA) is 113 Å². The number of hydrogen-bond acceptors (Lipinski definition) is 9. The van der Waals surface area contributed by atoms with E-state index in [1.54, 1.807) is 4.90 Å². The van der Waals surface area contributed by atoms with Gasteiger partial charge in [0, 0.05) is 87.7 Å². The largest absolute Gasteiger partial charge is 0.444 e. The summed E-state index contributed by atoms with van der Waals surface area (Å²) in [7, 11) is 8.59. The molecule has 6 rings (SSSR count). The molecule has 0 spiro atoms. The number of anilines is 2. The number of benzene rings is 2. The Morgan fingerprint density at radius 2 is 1.07 bits per heavy atom. The van der Waals surface area contributed by atoms with Gasteiger partial charge in [-0.05, 0) is 136 Å². The van der Waals surface area contributed by atoms with Gasteiger partial charge in [-0.3, -0.25) is 9.59 Å². The minimum absolute atomic E-state index is 0.0504. The van der Waals surface area contributed by atoms with Crippen LogP contribution >= 0.6 is 0 Å². The lowest BCUT2D eigenvalue weighted by Gasteiger charge is -2.32. The number of carbonyl (C=O) groups excluding carboxylic acids is 3. The molecule has 12 nitrogen and oxygen atoms in total. The number of nitrogens with zero attached hydrogens (tertiary/aromatic N) is 5. The molecular weight excluding hydrogens is 693 g/mol. The number of ether oxygens (including phenoxy) is 1. The predicted molar refractivity (Wildman–Crippen MR) is 221 cm³/mol. The zero-order valence-electron chi connectivity index (χ0n) is 34.6. The SMILES string of the molecule is CN(C)C1CCN(c2ccc(CNC(=O)C3CCN(C(=O)OC(C)(C)C)CC3)cc2)C1.CN(C)C1CCN(c2ccc(CNC(=O)C3CCNCC3)cc2)C1. The maximum absolute atomic E-state index is 12.6. The van der Waals surface area contributed by atoms with Crippen LogP contribution < -0.4 is 25.8 Å². The average molecular weight is 761 g/mol. The van der Waals surface area contributed by atoms with Crippen molar-refractivity contribution < 1.29 is 19.1 Å². The molecule has 4 heterocycles. The first kappa shape index (κ1) is 42.3. The second-order valence-corrected chi connectivity index (χ2v) is 17.2. The Balaban J connectivity index is 0.000000218. The molecule has 0 aliphatic carbocycles. The number of nitrogens with one attached hydrogen (secondary N) is 3. The fourth-order valence-electron chi connectivity index (χ4n) is 7.85. The fourth-order valence-corrected chi connectivity index (χ4v) is 7.85. The molecule has 2 aromatic carbocycles. The van der Waals surface area contributed by atoms with E-state index in [-0.39, 0.29) is 29.7 Å². The lowest BCUT2D eigenvalue weighted by molar-refractivity contribution is -0.127. The Hall–Kier alpha value is -3.87. The highest BCUT2D eigenvalue weighted by Gasteiger charge is 2.30. The summed E-state index contributed by atoms with van der Waals surface area (Å²) in [6, 6.07) is 18.4. The molecule has 2 unspecified atom stereocenters. The summed E-state index contributed by atoms with van der Waals surface area (Å²) >= 11 is 0. The summed E-state index contributed by atoms with van der Waals surface area (Å²) in [5.41, 5.74) is 4.31. The highest BCUT2D eigenvalue weighted by molar-refractivity contribution is 5.79. The summed E-state index contributed by atoms with van der Waals surface area (Å²) in [4.78, 5) is 48.1. The van der Waals surface area contributed by atoms with Crippen molar-refractivity contribution in [2.24, 2.45) is 11.8 Å². The quantitative estimate of drug-likeness (QED) is 0.322. The summed E-state index contributed by atoms with van der Waals surface area (Å²) in [5, 5.41) is 9.46. The van der Waals surface area contributed by atoms with E-state index < -0.39 is 5.60 Å². The molecule has 55 heavy (non-hydrogen) atoms. The molecule has 4 aliphatic rings. The molecule has 0 bridgehead atoms. The third-order valence-electron chi connectivity index (χ3n) is 11.6. The number of carbonyl (C=O) groups is 3. The summed E-state index contributed by atoms with van der Waals surface area (Å²) < 4.78 is 5.42. The number of rotatable bonds is 10. The van der Waals surface area contributed by atoms with Crippen LogP contribution in [0, 0.1) is 11.8 Å². The van der Waals surface area contributed by atoms with E-state index in [1.165, 1.54) is 29.8 Å². The number of likely N-dealkylation sites (tertiary alicyclic amines) is 1. The first-order valence-electron chi connectivity index (χ1n) is 20.5. The monoisotopic (exact) mass is 761 g/mol. The third kappa shape index (κ3) is 12.8. The van der Waals surface area contributed by atoms with Crippen LogP contribution in [0.5, 0.6) is 0 Å². The average Bonchev–Trinajstić information content (AvgIpc) is 3.89. The van der Waals surface area contributed by atoms with Crippen molar-refractivity contribution in [1.29, 1.82) is 0 Å². The van der Waals surface area contributed by atoms with E-state index in [9.17, 15) is 14.4 Å². The summed E-state index contributed by atoms with van der Waals surface area (Å²) in [5.74, 6) is 0.402. The van der Waals surface area contributed by atoms with Crippen molar-refractivity contribution in [1.82, 2.24) is 30.7 Å². The Kier molecular flexibility index (Phi) is 15.2. The van der Waals surface area contributed by atoms with Crippen molar-refractivity contribution in [3.8, 4) is 0 Å². The molecule has 0 aromatic heterocycles. The first-order chi connectivity index (χ1) is 26.3. The van der Waals surface area contributed by atoms with Crippen LogP contribution in [-0.2, 0) is 27.4 Å². The Morgan fingerprint density at radius 3 is 1.45 bits per heavy atom. The molecule has 0 radical (unpaired) electrons. The normalized spacial score (nSPS) is 21.1. The second kappa shape index (κ2) is 19.8. The van der Waals surface area contributed by atoms with E-state index in [0.717, 1.165) is 57.7 Å². The van der Waals surface area contributed by atoms with Crippen LogP contribution in [0.3, 0.4) is 0 Å². The zero-order valence-corrected chi connectivity index (χ0v) is 34.6. The van der Waals surface area contributed by atoms with E-state index in [1.807, 2.05) is 20.8 Å². The van der Waals surface area contributed by atoms with Gasteiger partial charge in [0.2, 0.25) is 11.8 Å². The van der Waals surface area contributed by atoms with Gasteiger partial charge in [0.05, 0.1) is 0 Å². The number of likely N-dealkylation sites (N-methyl/N-ethyl adjacent to an activating group) is 2. The smallest absolute Gasteiger partial charge is 0.410 e. The van der Waals surface area contributed by atoms with Crippen LogP contribution in [0.4, 0.5) is 16.2 Å². The van der Waals surface area contributed by atoms with Gasteiger partial charge in [-0.2, -0.15) is 0 Å². The summed E-state index contributed by atoms with van der Waals surface area (Å²) in [6.45, 7) is 14.1. The van der Waals surface area contributed by atoms with E-state index in [0.29, 0.717) is 51.1 Å². The van der Waals surface area contributed by atoms with E-state index in [4.69, 9.17) is 4.74 Å². The Bertz CT molecular complexity index is 1510. The minimum Gasteiger partial charge on any atom is -0.444 e. The Labute approximate surface area is 330 Å². The fraction of sp³-hybridized carbons (Fsp3) is 0.651. The molecule has 3 N–H and O–H groups in total. The van der Waals surface area contributed by atoms with Crippen LogP contribution in [-0.4, -0.2) is 131 Å². The molecule has 4 saturated heterocycles. The zero-order chi connectivity index (χ0) is 39.5. The highest BCUT2D eigenvalue weighted by Crippen LogP contribution is 2.25. The minimum atomic E-state index is -0.496. The number of amides is 3. The highest BCUT2D eigenvalue weighted by atomic mass is 16.6. The molecular formula is C43H68N8O4. The molecule has 4 aliphatic heterocycles. The molecule has 4 fully saturated rings. The van der Waals surface area contributed by atoms with Crippen molar-refractivity contribution in [2.45, 2.75) is 90.1 Å². The molecule has 12 heteroatoms. The van der Waals surface area contributed by atoms with Gasteiger partial charge in [-0.1, -0.05) is 24.3 Å². The molecule has 0 saturated carbocycles. The van der Waals surface area contributed by atoms with Gasteiger partial charge < -0.3 is 45.2 Å². The van der Waals surface area contributed by atoms with Gasteiger partial charge in [0.1, 0.15) is 5.60 Å². The lowest BCUT2D eigenvalue weighted by Crippen LogP contribution is -2.44. The molecule has 3 amide bonds. The van der Waals surface area contributed by atoms with Crippen molar-refractivity contribution in [3.63, 3.8) is 0 Å². The second-order valence-electron chi connectivity index (χ2n) is 17.2. The van der Waals surface area contributed by atoms with Crippen LogP contribution in [0.1, 0.15) is 70.4 Å². The maximum Gasteiger partial charge on any atom is 0.410 e. The summed E-state index contributed by atoms with van der Waals surface area (Å²) in [6.07, 6.45) is 5.37. The van der Waals surface area contributed by atoms with E-state index >= 15 is 0 Å². The Morgan fingerprint density at radius 1 is 0.655 bits per heavy atom. The van der Waals surface area contributed by atoms with Crippen LogP contribution in [0.15, 0.2) is 48.5 Å². The molecule has 2 aromatic rings. The lowest BCUT2D eigenvalue weighted by atomic mass is 9.96. The van der Waals surface area contributed by atoms with Crippen molar-refractivity contribution in [2.75, 3.05) is 90.3 Å². The van der Waals surface area contributed by atoms with E-state index in [2.05, 4.69) is 112 Å². The predicted octanol–water partition coefficient (Wildman–Crippen LogP) is 4.53. The molecule has 2 atom stereocenters. The van der Waals surface area contributed by atoms with Gasteiger partial charge in [-0.25, -0.2) is 4.79 Å². The number of piperidine rings is 2. The van der Waals surface area contributed by atoms with Gasteiger partial charge >= 0.3 is 6.09 Å². The molecule has 304 valence electrons. The first-order valence-corrected chi connectivity index (χ1v) is 20.5. The van der Waals surface area contributed by atoms with Gasteiger partial charge in [-0.15, -0.1) is 0 Å². The van der Waals surface area contributed by atoms with Crippen molar-refractivity contribution in [3.05, 3.63) is 59.7 Å².